The molecule has 2 aromatic rings. The number of carbonyl (C=O) groups excluding carboxylic acids is 2. The van der Waals surface area contributed by atoms with Gasteiger partial charge >= 0.3 is 12.1 Å². The number of aliphatic hydroxyl groups is 1. The molecule has 0 aliphatic carbocycles. The van der Waals surface area contributed by atoms with Crippen LogP contribution in [0.25, 0.3) is 0 Å². The molecule has 0 aliphatic rings. The van der Waals surface area contributed by atoms with Crippen LogP contribution in [-0.2, 0) is 19.9 Å². The van der Waals surface area contributed by atoms with E-state index in [1.165, 1.54) is 24.4 Å². The van der Waals surface area contributed by atoms with Crippen LogP contribution in [0.4, 0.5) is 13.2 Å². The molecule has 2 rings (SSSR count). The Bertz CT molecular complexity index is 794. The number of esters is 1. The maximum Gasteiger partial charge on any atom is 0.424 e. The van der Waals surface area contributed by atoms with Crippen LogP contribution < -0.4 is 5.73 Å². The zero-order valence-corrected chi connectivity index (χ0v) is 14.3. The first-order valence-corrected chi connectivity index (χ1v) is 8.18. The molecule has 6 nitrogen and oxygen atoms in total. The van der Waals surface area contributed by atoms with E-state index >= 15 is 0 Å². The fraction of sp³-hybridized carbons (Fsp3) is 0.312. The van der Waals surface area contributed by atoms with Gasteiger partial charge in [-0.25, -0.2) is 4.98 Å². The van der Waals surface area contributed by atoms with E-state index in [1.807, 2.05) is 0 Å². The van der Waals surface area contributed by atoms with Gasteiger partial charge in [-0.1, -0.05) is 30.3 Å². The zero-order chi connectivity index (χ0) is 19.5. The van der Waals surface area contributed by atoms with Gasteiger partial charge in [0.05, 0.1) is 6.42 Å². The van der Waals surface area contributed by atoms with E-state index in [9.17, 15) is 27.9 Å². The lowest BCUT2D eigenvalue weighted by atomic mass is 9.99. The molecule has 0 unspecified atom stereocenters. The highest BCUT2D eigenvalue weighted by atomic mass is 32.1. The number of thiazole rings is 1. The van der Waals surface area contributed by atoms with Crippen molar-refractivity contribution < 1.29 is 32.6 Å². The molecule has 0 saturated carbocycles. The Morgan fingerprint density at radius 2 is 1.92 bits per heavy atom. The Labute approximate surface area is 150 Å². The van der Waals surface area contributed by atoms with Crippen molar-refractivity contribution in [1.82, 2.24) is 4.98 Å². The first-order valence-electron chi connectivity index (χ1n) is 7.30. The van der Waals surface area contributed by atoms with Crippen LogP contribution in [0.5, 0.6) is 0 Å². The van der Waals surface area contributed by atoms with Crippen LogP contribution in [0, 0.1) is 6.92 Å². The normalized spacial score (nSPS) is 15.1. The maximum absolute atomic E-state index is 13.4. The molecule has 3 N–H and O–H groups in total. The molecular weight excluding hydrogens is 373 g/mol. The Morgan fingerprint density at radius 3 is 2.38 bits per heavy atom. The quantitative estimate of drug-likeness (QED) is 0.740. The minimum Gasteiger partial charge on any atom is -0.447 e. The second-order valence-electron chi connectivity index (χ2n) is 5.51. The van der Waals surface area contributed by atoms with Gasteiger partial charge in [-0.05, 0) is 6.92 Å². The highest BCUT2D eigenvalue weighted by Gasteiger charge is 2.58. The van der Waals surface area contributed by atoms with Crippen molar-refractivity contribution in [3.8, 4) is 0 Å². The fourth-order valence-corrected chi connectivity index (χ4v) is 3.06. The van der Waals surface area contributed by atoms with Crippen LogP contribution in [0.1, 0.15) is 28.8 Å². The van der Waals surface area contributed by atoms with Crippen molar-refractivity contribution in [1.29, 1.82) is 0 Å². The summed E-state index contributed by atoms with van der Waals surface area (Å²) in [4.78, 5) is 27.2. The summed E-state index contributed by atoms with van der Waals surface area (Å²) < 4.78 is 45.0. The topological polar surface area (TPSA) is 103 Å². The van der Waals surface area contributed by atoms with Crippen molar-refractivity contribution in [2.45, 2.75) is 31.2 Å². The largest absolute Gasteiger partial charge is 0.447 e. The summed E-state index contributed by atoms with van der Waals surface area (Å²) in [5.41, 5.74) is 2.11. The molecule has 0 aliphatic heterocycles. The highest BCUT2D eigenvalue weighted by Crippen LogP contribution is 2.43. The Morgan fingerprint density at radius 1 is 1.31 bits per heavy atom. The molecule has 0 radical (unpaired) electrons. The molecule has 0 spiro atoms. The molecule has 1 aromatic heterocycles. The molecule has 140 valence electrons. The second kappa shape index (κ2) is 7.42. The number of halogens is 3. The number of carbonyl (C=O) groups is 2. The molecule has 0 fully saturated rings. The van der Waals surface area contributed by atoms with Gasteiger partial charge < -0.3 is 15.6 Å². The lowest BCUT2D eigenvalue weighted by molar-refractivity contribution is -0.270. The average Bonchev–Trinajstić information content (AvgIpc) is 2.99. The predicted octanol–water partition coefficient (Wildman–Crippen LogP) is 2.36. The number of aromatic nitrogens is 1. The number of aryl methyl sites for hydroxylation is 1. The van der Waals surface area contributed by atoms with Gasteiger partial charge in [0.2, 0.25) is 11.7 Å². The smallest absolute Gasteiger partial charge is 0.424 e. The lowest BCUT2D eigenvalue weighted by Gasteiger charge is -2.28. The third-order valence-corrected chi connectivity index (χ3v) is 4.56. The van der Waals surface area contributed by atoms with E-state index in [4.69, 9.17) is 10.5 Å². The number of benzene rings is 1. The SMILES string of the molecule is Cc1csc([C@@](O)(CC(=O)O[C@H](C(N)=O)c2ccccc2)C(F)(F)F)n1. The van der Waals surface area contributed by atoms with Crippen molar-refractivity contribution in [2.24, 2.45) is 5.73 Å². The standard InChI is InChI=1S/C16H15F3N2O4S/c1-9-8-26-14(21-9)15(24,16(17,18)19)7-11(22)25-12(13(20)23)10-5-3-2-4-6-10/h2-6,8,12,24H,7H2,1H3,(H2,20,23)/t12-,15-/m0/s1. The second-order valence-corrected chi connectivity index (χ2v) is 6.37. The van der Waals surface area contributed by atoms with E-state index in [0.717, 1.165) is 0 Å². The Balaban J connectivity index is 2.26. The number of alkyl halides is 3. The number of nitrogens with zero attached hydrogens (tertiary/aromatic N) is 1. The third kappa shape index (κ3) is 4.20. The molecule has 1 amide bonds. The van der Waals surface area contributed by atoms with Crippen molar-refractivity contribution in [2.75, 3.05) is 0 Å². The van der Waals surface area contributed by atoms with Gasteiger partial charge in [0.15, 0.2) is 0 Å². The van der Waals surface area contributed by atoms with E-state index in [-0.39, 0.29) is 11.3 Å². The summed E-state index contributed by atoms with van der Waals surface area (Å²) in [6, 6.07) is 7.59. The molecular formula is C16H15F3N2O4S. The van der Waals surface area contributed by atoms with E-state index in [0.29, 0.717) is 11.3 Å². The summed E-state index contributed by atoms with van der Waals surface area (Å²) in [6.45, 7) is 1.45. The maximum atomic E-state index is 13.4. The van der Waals surface area contributed by atoms with E-state index < -0.39 is 41.2 Å². The molecule has 0 bridgehead atoms. The van der Waals surface area contributed by atoms with Crippen LogP contribution in [0.15, 0.2) is 35.7 Å². The van der Waals surface area contributed by atoms with E-state index in [2.05, 4.69) is 4.98 Å². The predicted molar refractivity (Wildman–Crippen MR) is 85.9 cm³/mol. The van der Waals surface area contributed by atoms with Gasteiger partial charge in [-0.15, -0.1) is 11.3 Å². The minimum absolute atomic E-state index is 0.203. The summed E-state index contributed by atoms with van der Waals surface area (Å²) >= 11 is 0.566. The molecule has 2 atom stereocenters. The minimum atomic E-state index is -5.18. The number of nitrogens with two attached hydrogens (primary N) is 1. The van der Waals surface area contributed by atoms with Crippen LogP contribution in [0.2, 0.25) is 0 Å². The van der Waals surface area contributed by atoms with Crippen molar-refractivity contribution in [3.05, 3.63) is 52.0 Å². The average molecular weight is 388 g/mol. The van der Waals surface area contributed by atoms with Crippen molar-refractivity contribution >= 4 is 23.2 Å². The molecule has 10 heteroatoms. The molecule has 26 heavy (non-hydrogen) atoms. The first-order chi connectivity index (χ1) is 12.0. The number of amides is 1. The van der Waals surface area contributed by atoms with Gasteiger partial charge in [0.25, 0.3) is 5.91 Å². The Hall–Kier alpha value is -2.46. The van der Waals surface area contributed by atoms with Crippen LogP contribution >= 0.6 is 11.3 Å². The number of rotatable bonds is 6. The fourth-order valence-electron chi connectivity index (χ4n) is 2.14. The van der Waals surface area contributed by atoms with Gasteiger partial charge in [-0.2, -0.15) is 13.2 Å². The summed E-state index contributed by atoms with van der Waals surface area (Å²) in [6.07, 6.45) is -8.20. The third-order valence-electron chi connectivity index (χ3n) is 3.45. The summed E-state index contributed by atoms with van der Waals surface area (Å²) in [7, 11) is 0. The van der Waals surface area contributed by atoms with Crippen LogP contribution in [0.3, 0.4) is 0 Å². The van der Waals surface area contributed by atoms with Crippen molar-refractivity contribution in [3.63, 3.8) is 0 Å². The highest BCUT2D eigenvalue weighted by molar-refractivity contribution is 7.09. The van der Waals surface area contributed by atoms with Crippen LogP contribution in [-0.4, -0.2) is 28.1 Å². The monoisotopic (exact) mass is 388 g/mol. The van der Waals surface area contributed by atoms with E-state index in [1.54, 1.807) is 18.2 Å². The number of primary amides is 1. The van der Waals surface area contributed by atoms with Gasteiger partial charge in [0, 0.05) is 16.6 Å². The molecule has 1 heterocycles. The van der Waals surface area contributed by atoms with Gasteiger partial charge in [-0.3, -0.25) is 9.59 Å². The number of hydrogen-bond acceptors (Lipinski definition) is 6. The zero-order valence-electron chi connectivity index (χ0n) is 13.5. The lowest BCUT2D eigenvalue weighted by Crippen LogP contribution is -2.44. The number of hydrogen-bond donors (Lipinski definition) is 2. The summed E-state index contributed by atoms with van der Waals surface area (Å²) in [5, 5.41) is 10.8. The first kappa shape index (κ1) is 19.9. The molecule has 1 aromatic carbocycles. The molecule has 0 saturated heterocycles. The van der Waals surface area contributed by atoms with Gasteiger partial charge in [0.1, 0.15) is 5.01 Å². The number of ether oxygens (including phenoxy) is 1. The summed E-state index contributed by atoms with van der Waals surface area (Å²) in [5.74, 6) is -2.49. The Kier molecular flexibility index (Phi) is 5.67.